The van der Waals surface area contributed by atoms with E-state index in [1.54, 1.807) is 19.0 Å². The molecule has 5 nitrogen and oxygen atoms in total. The van der Waals surface area contributed by atoms with Crippen LogP contribution < -0.4 is 0 Å². The Balaban J connectivity index is 1.86. The van der Waals surface area contributed by atoms with Crippen molar-refractivity contribution >= 4 is 11.9 Å². The minimum Gasteiger partial charge on any atom is -0.468 e. The number of benzene rings is 2. The van der Waals surface area contributed by atoms with Crippen LogP contribution in [-0.2, 0) is 29.0 Å². The third-order valence-electron chi connectivity index (χ3n) is 4.78. The van der Waals surface area contributed by atoms with Gasteiger partial charge in [0.1, 0.15) is 6.04 Å². The Labute approximate surface area is 154 Å². The van der Waals surface area contributed by atoms with Crippen molar-refractivity contribution in [2.24, 2.45) is 0 Å². The van der Waals surface area contributed by atoms with Gasteiger partial charge in [0.15, 0.2) is 0 Å². The molecular formula is C21H24N2O3. The summed E-state index contributed by atoms with van der Waals surface area (Å²) in [6.45, 7) is 1.27. The van der Waals surface area contributed by atoms with Crippen LogP contribution in [0.3, 0.4) is 0 Å². The van der Waals surface area contributed by atoms with Crippen LogP contribution in [0.25, 0.3) is 0 Å². The second-order valence-corrected chi connectivity index (χ2v) is 6.82. The Hall–Kier alpha value is -2.66. The molecule has 0 saturated heterocycles. The Bertz CT molecular complexity index is 816. The highest BCUT2D eigenvalue weighted by molar-refractivity contribution is 5.94. The maximum atomic E-state index is 12.3. The number of ether oxygens (including phenoxy) is 1. The number of nitrogens with zero attached hydrogens (tertiary/aromatic N) is 2. The first-order valence-corrected chi connectivity index (χ1v) is 8.69. The van der Waals surface area contributed by atoms with E-state index in [0.717, 1.165) is 5.56 Å². The van der Waals surface area contributed by atoms with Gasteiger partial charge in [-0.15, -0.1) is 0 Å². The molecule has 3 rings (SSSR count). The van der Waals surface area contributed by atoms with Crippen molar-refractivity contribution in [3.63, 3.8) is 0 Å². The molecule has 1 aliphatic heterocycles. The number of carbonyl (C=O) groups excluding carboxylic acids is 2. The highest BCUT2D eigenvalue weighted by Crippen LogP contribution is 2.26. The van der Waals surface area contributed by atoms with Crippen LogP contribution in [0.4, 0.5) is 0 Å². The Morgan fingerprint density at radius 3 is 2.54 bits per heavy atom. The maximum Gasteiger partial charge on any atom is 0.323 e. The number of amides is 1. The predicted molar refractivity (Wildman–Crippen MR) is 99.7 cm³/mol. The zero-order valence-electron chi connectivity index (χ0n) is 15.4. The van der Waals surface area contributed by atoms with E-state index >= 15 is 0 Å². The fourth-order valence-electron chi connectivity index (χ4n) is 3.41. The van der Waals surface area contributed by atoms with Gasteiger partial charge in [-0.3, -0.25) is 14.5 Å². The maximum absolute atomic E-state index is 12.3. The van der Waals surface area contributed by atoms with E-state index in [-0.39, 0.29) is 17.9 Å². The van der Waals surface area contributed by atoms with Gasteiger partial charge in [-0.05, 0) is 35.2 Å². The lowest BCUT2D eigenvalue weighted by atomic mass is 9.93. The van der Waals surface area contributed by atoms with Crippen molar-refractivity contribution < 1.29 is 14.3 Å². The van der Waals surface area contributed by atoms with Gasteiger partial charge in [-0.1, -0.05) is 36.4 Å². The number of hydrogen-bond acceptors (Lipinski definition) is 4. The molecule has 0 radical (unpaired) electrons. The van der Waals surface area contributed by atoms with Crippen molar-refractivity contribution in [3.05, 3.63) is 70.8 Å². The lowest BCUT2D eigenvalue weighted by molar-refractivity contribution is -0.148. The number of carbonyl (C=O) groups is 2. The third kappa shape index (κ3) is 3.78. The molecule has 0 saturated carbocycles. The van der Waals surface area contributed by atoms with Gasteiger partial charge in [0, 0.05) is 32.7 Å². The third-order valence-corrected chi connectivity index (χ3v) is 4.78. The standard InChI is InChI=1S/C21H24N2O3/c1-22(2)20(24)17-10-6-7-15(11-17)13-23-14-18-9-5-4-8-16(18)12-19(23)21(25)26-3/h4-11,19H,12-14H2,1-3H3/t19-/m0/s1. The van der Waals surface area contributed by atoms with Gasteiger partial charge < -0.3 is 9.64 Å². The fraction of sp³-hybridized carbons (Fsp3) is 0.333. The molecule has 1 heterocycles. The molecule has 1 amide bonds. The van der Waals surface area contributed by atoms with Crippen LogP contribution in [0, 0.1) is 0 Å². The summed E-state index contributed by atoms with van der Waals surface area (Å²) in [5.41, 5.74) is 4.08. The first-order valence-electron chi connectivity index (χ1n) is 8.69. The molecule has 0 aliphatic carbocycles. The first-order chi connectivity index (χ1) is 12.5. The van der Waals surface area contributed by atoms with Gasteiger partial charge in [0.2, 0.25) is 0 Å². The molecule has 0 aromatic heterocycles. The summed E-state index contributed by atoms with van der Waals surface area (Å²) in [7, 11) is 4.91. The van der Waals surface area contributed by atoms with Gasteiger partial charge in [0.05, 0.1) is 7.11 Å². The Morgan fingerprint density at radius 1 is 1.12 bits per heavy atom. The number of hydrogen-bond donors (Lipinski definition) is 0. The summed E-state index contributed by atoms with van der Waals surface area (Å²) in [5.74, 6) is -0.250. The predicted octanol–water partition coefficient (Wildman–Crippen LogP) is 2.49. The molecule has 1 aliphatic rings. The van der Waals surface area contributed by atoms with Crippen molar-refractivity contribution in [1.82, 2.24) is 9.80 Å². The molecule has 0 bridgehead atoms. The van der Waals surface area contributed by atoms with Crippen molar-refractivity contribution in [2.75, 3.05) is 21.2 Å². The normalized spacial score (nSPS) is 16.7. The van der Waals surface area contributed by atoms with E-state index in [9.17, 15) is 9.59 Å². The lowest BCUT2D eigenvalue weighted by Crippen LogP contribution is -2.45. The lowest BCUT2D eigenvalue weighted by Gasteiger charge is -2.35. The van der Waals surface area contributed by atoms with E-state index in [0.29, 0.717) is 25.1 Å². The average Bonchev–Trinajstić information content (AvgIpc) is 2.66. The van der Waals surface area contributed by atoms with E-state index < -0.39 is 0 Å². The highest BCUT2D eigenvalue weighted by atomic mass is 16.5. The van der Waals surface area contributed by atoms with Gasteiger partial charge in [-0.25, -0.2) is 0 Å². The number of fused-ring (bicyclic) bond motifs is 1. The summed E-state index contributed by atoms with van der Waals surface area (Å²) in [4.78, 5) is 28.2. The zero-order valence-corrected chi connectivity index (χ0v) is 15.4. The van der Waals surface area contributed by atoms with Crippen molar-refractivity contribution in [2.45, 2.75) is 25.6 Å². The zero-order chi connectivity index (χ0) is 18.7. The quantitative estimate of drug-likeness (QED) is 0.794. The summed E-state index contributed by atoms with van der Waals surface area (Å²) >= 11 is 0. The smallest absolute Gasteiger partial charge is 0.323 e. The molecule has 1 atom stereocenters. The molecule has 0 fully saturated rings. The van der Waals surface area contributed by atoms with E-state index in [2.05, 4.69) is 17.0 Å². The van der Waals surface area contributed by atoms with E-state index in [1.807, 2.05) is 36.4 Å². The summed E-state index contributed by atoms with van der Waals surface area (Å²) in [5, 5.41) is 0. The first kappa shape index (κ1) is 18.1. The molecule has 5 heteroatoms. The van der Waals surface area contributed by atoms with Crippen molar-refractivity contribution in [1.29, 1.82) is 0 Å². The van der Waals surface area contributed by atoms with E-state index in [1.165, 1.54) is 18.2 Å². The van der Waals surface area contributed by atoms with Gasteiger partial charge >= 0.3 is 5.97 Å². The topological polar surface area (TPSA) is 49.9 Å². The highest BCUT2D eigenvalue weighted by Gasteiger charge is 2.32. The van der Waals surface area contributed by atoms with Crippen molar-refractivity contribution in [3.8, 4) is 0 Å². The van der Waals surface area contributed by atoms with Crippen LogP contribution in [0.2, 0.25) is 0 Å². The number of esters is 1. The van der Waals surface area contributed by atoms with Crippen LogP contribution in [0.1, 0.15) is 27.0 Å². The average molecular weight is 352 g/mol. The number of methoxy groups -OCH3 is 1. The number of rotatable bonds is 4. The minimum absolute atomic E-state index is 0.0274. The summed E-state index contributed by atoms with van der Waals surface area (Å²) in [6.07, 6.45) is 0.638. The molecule has 2 aromatic rings. The second-order valence-electron chi connectivity index (χ2n) is 6.82. The fourth-order valence-corrected chi connectivity index (χ4v) is 3.41. The Kier molecular flexibility index (Phi) is 5.38. The molecule has 0 unspecified atom stereocenters. The SMILES string of the molecule is COC(=O)[C@@H]1Cc2ccccc2CN1Cc1cccc(C(=O)N(C)C)c1. The van der Waals surface area contributed by atoms with Crippen LogP contribution in [0.15, 0.2) is 48.5 Å². The molecule has 136 valence electrons. The molecular weight excluding hydrogens is 328 g/mol. The van der Waals surface area contributed by atoms with Gasteiger partial charge in [0.25, 0.3) is 5.91 Å². The summed E-state index contributed by atoms with van der Waals surface area (Å²) < 4.78 is 5.02. The monoisotopic (exact) mass is 352 g/mol. The van der Waals surface area contributed by atoms with Crippen LogP contribution >= 0.6 is 0 Å². The Morgan fingerprint density at radius 2 is 1.85 bits per heavy atom. The second kappa shape index (κ2) is 7.70. The van der Waals surface area contributed by atoms with Crippen LogP contribution in [-0.4, -0.2) is 48.9 Å². The molecule has 2 aromatic carbocycles. The van der Waals surface area contributed by atoms with E-state index in [4.69, 9.17) is 4.74 Å². The molecule has 0 N–H and O–H groups in total. The minimum atomic E-state index is -0.317. The largest absolute Gasteiger partial charge is 0.468 e. The van der Waals surface area contributed by atoms with Gasteiger partial charge in [-0.2, -0.15) is 0 Å². The summed E-state index contributed by atoms with van der Waals surface area (Å²) in [6, 6.07) is 15.5. The molecule has 26 heavy (non-hydrogen) atoms. The van der Waals surface area contributed by atoms with Crippen LogP contribution in [0.5, 0.6) is 0 Å². The molecule has 0 spiro atoms.